The van der Waals surface area contributed by atoms with Gasteiger partial charge in [0, 0.05) is 4.47 Å². The highest BCUT2D eigenvalue weighted by Crippen LogP contribution is 2.29. The molecule has 0 aliphatic carbocycles. The highest BCUT2D eigenvalue weighted by Gasteiger charge is 2.03. The second kappa shape index (κ2) is 3.06. The van der Waals surface area contributed by atoms with Crippen molar-refractivity contribution >= 4 is 21.6 Å². The normalized spacial score (nSPS) is 9.27. The Morgan fingerprint density at radius 1 is 1.36 bits per heavy atom. The van der Waals surface area contributed by atoms with E-state index in [1.807, 2.05) is 26.0 Å². The molecule has 1 nitrogen and oxygen atoms in total. The molecule has 0 aliphatic rings. The quantitative estimate of drug-likeness (QED) is 0.576. The summed E-state index contributed by atoms with van der Waals surface area (Å²) < 4.78 is 1.01. The average molecular weight is 210 g/mol. The summed E-state index contributed by atoms with van der Waals surface area (Å²) in [7, 11) is 0. The van der Waals surface area contributed by atoms with Gasteiger partial charge in [-0.05, 0) is 31.0 Å². The van der Waals surface area contributed by atoms with Crippen LogP contribution in [0.2, 0.25) is 0 Å². The Labute approximate surface area is 75.0 Å². The fourth-order valence-electron chi connectivity index (χ4n) is 0.983. The Morgan fingerprint density at radius 3 is 2.45 bits per heavy atom. The lowest BCUT2D eigenvalue weighted by Crippen LogP contribution is -1.79. The monoisotopic (exact) mass is 209 g/mol. The number of aryl methyl sites for hydroxylation is 1. The third-order valence-electron chi connectivity index (χ3n) is 1.68. The van der Waals surface area contributed by atoms with E-state index in [1.54, 1.807) is 0 Å². The molecule has 56 valence electrons. The lowest BCUT2D eigenvalue weighted by molar-refractivity contribution is 1.38. The van der Waals surface area contributed by atoms with Crippen LogP contribution in [0.5, 0.6) is 0 Å². The van der Waals surface area contributed by atoms with E-state index in [-0.39, 0.29) is 0 Å². The van der Waals surface area contributed by atoms with Crippen LogP contribution in [0.4, 0.5) is 5.69 Å². The molecule has 1 aromatic rings. The van der Waals surface area contributed by atoms with Crippen LogP contribution in [-0.2, 0) is 0 Å². The largest absolute Gasteiger partial charge is 0.238 e. The van der Waals surface area contributed by atoms with Crippen LogP contribution in [0.25, 0.3) is 4.85 Å². The number of benzene rings is 1. The highest BCUT2D eigenvalue weighted by molar-refractivity contribution is 9.10. The number of hydrogen-bond acceptors (Lipinski definition) is 0. The molecule has 0 amide bonds. The van der Waals surface area contributed by atoms with E-state index in [0.29, 0.717) is 0 Å². The molecule has 0 aromatic heterocycles. The Bertz CT molecular complexity index is 323. The Kier molecular flexibility index (Phi) is 2.31. The van der Waals surface area contributed by atoms with Crippen LogP contribution in [0.1, 0.15) is 11.1 Å². The van der Waals surface area contributed by atoms with Gasteiger partial charge in [0.2, 0.25) is 0 Å². The summed E-state index contributed by atoms with van der Waals surface area (Å²) in [6.45, 7) is 10.8. The van der Waals surface area contributed by atoms with Crippen molar-refractivity contribution < 1.29 is 0 Å². The number of rotatable bonds is 0. The van der Waals surface area contributed by atoms with Crippen LogP contribution in [0, 0.1) is 20.4 Å². The first kappa shape index (κ1) is 8.29. The molecular formula is C9H8BrN. The lowest BCUT2D eigenvalue weighted by Gasteiger charge is -2.02. The number of hydrogen-bond donors (Lipinski definition) is 0. The van der Waals surface area contributed by atoms with Crippen molar-refractivity contribution in [1.82, 2.24) is 0 Å². The first-order valence-corrected chi connectivity index (χ1v) is 4.09. The average Bonchev–Trinajstić information content (AvgIpc) is 1.99. The maximum absolute atomic E-state index is 6.93. The zero-order valence-corrected chi connectivity index (χ0v) is 8.07. The number of nitrogens with zero attached hydrogens (tertiary/aromatic N) is 1. The zero-order chi connectivity index (χ0) is 8.43. The maximum atomic E-state index is 6.93. The fraction of sp³-hybridized carbons (Fsp3) is 0.222. The van der Waals surface area contributed by atoms with Gasteiger partial charge < -0.3 is 0 Å². The summed E-state index contributed by atoms with van der Waals surface area (Å²) in [5, 5.41) is 0. The van der Waals surface area contributed by atoms with E-state index in [9.17, 15) is 0 Å². The second-order valence-corrected chi connectivity index (χ2v) is 3.30. The summed E-state index contributed by atoms with van der Waals surface area (Å²) >= 11 is 3.38. The number of halogens is 1. The molecule has 0 unspecified atom stereocenters. The SMILES string of the molecule is [C-]#[N+]c1c(C)ccc(Br)c1C. The Morgan fingerprint density at radius 2 is 2.00 bits per heavy atom. The van der Waals surface area contributed by atoms with Gasteiger partial charge in [0.1, 0.15) is 0 Å². The van der Waals surface area contributed by atoms with Gasteiger partial charge in [-0.1, -0.05) is 22.0 Å². The molecule has 0 fully saturated rings. The Balaban J connectivity index is 3.44. The first-order valence-electron chi connectivity index (χ1n) is 3.30. The molecule has 1 aromatic carbocycles. The van der Waals surface area contributed by atoms with Gasteiger partial charge in [0.05, 0.1) is 6.57 Å². The summed E-state index contributed by atoms with van der Waals surface area (Å²) in [5.41, 5.74) is 2.83. The van der Waals surface area contributed by atoms with Crippen LogP contribution in [-0.4, -0.2) is 0 Å². The third-order valence-corrected chi connectivity index (χ3v) is 2.54. The fourth-order valence-corrected chi connectivity index (χ4v) is 1.30. The van der Waals surface area contributed by atoms with E-state index in [0.717, 1.165) is 21.3 Å². The molecule has 0 saturated heterocycles. The van der Waals surface area contributed by atoms with Crippen molar-refractivity contribution in [2.24, 2.45) is 0 Å². The molecule has 0 heterocycles. The summed E-state index contributed by atoms with van der Waals surface area (Å²) in [6.07, 6.45) is 0. The van der Waals surface area contributed by atoms with Gasteiger partial charge in [-0.15, -0.1) is 0 Å². The Hall–Kier alpha value is -0.810. The van der Waals surface area contributed by atoms with Gasteiger partial charge in [0.25, 0.3) is 0 Å². The molecule has 2 heteroatoms. The second-order valence-electron chi connectivity index (χ2n) is 2.45. The summed E-state index contributed by atoms with van der Waals surface area (Å²) in [5.74, 6) is 0. The van der Waals surface area contributed by atoms with Crippen molar-refractivity contribution in [3.05, 3.63) is 39.1 Å². The van der Waals surface area contributed by atoms with Crippen molar-refractivity contribution in [3.8, 4) is 0 Å². The summed E-state index contributed by atoms with van der Waals surface area (Å²) in [6, 6.07) is 3.92. The molecule has 0 N–H and O–H groups in total. The van der Waals surface area contributed by atoms with Crippen LogP contribution >= 0.6 is 15.9 Å². The lowest BCUT2D eigenvalue weighted by atomic mass is 10.1. The van der Waals surface area contributed by atoms with Crippen LogP contribution < -0.4 is 0 Å². The van der Waals surface area contributed by atoms with Gasteiger partial charge in [-0.2, -0.15) is 0 Å². The molecule has 0 bridgehead atoms. The van der Waals surface area contributed by atoms with E-state index in [1.165, 1.54) is 0 Å². The van der Waals surface area contributed by atoms with Crippen LogP contribution in [0.15, 0.2) is 16.6 Å². The van der Waals surface area contributed by atoms with Gasteiger partial charge in [-0.25, -0.2) is 4.85 Å². The van der Waals surface area contributed by atoms with Crippen molar-refractivity contribution in [2.45, 2.75) is 13.8 Å². The standard InChI is InChI=1S/C9H8BrN/c1-6-4-5-8(10)7(2)9(6)11-3/h4-5H,1-2H3. The molecule has 1 rings (SSSR count). The summed E-state index contributed by atoms with van der Waals surface area (Å²) in [4.78, 5) is 3.45. The smallest absolute Gasteiger partial charge is 0.194 e. The van der Waals surface area contributed by atoms with Crippen molar-refractivity contribution in [3.63, 3.8) is 0 Å². The van der Waals surface area contributed by atoms with E-state index >= 15 is 0 Å². The molecule has 0 aliphatic heterocycles. The van der Waals surface area contributed by atoms with E-state index in [2.05, 4.69) is 20.8 Å². The van der Waals surface area contributed by atoms with Crippen molar-refractivity contribution in [2.75, 3.05) is 0 Å². The van der Waals surface area contributed by atoms with Crippen LogP contribution in [0.3, 0.4) is 0 Å². The topological polar surface area (TPSA) is 4.36 Å². The minimum atomic E-state index is 0.763. The van der Waals surface area contributed by atoms with E-state index in [4.69, 9.17) is 6.57 Å². The molecule has 0 radical (unpaired) electrons. The maximum Gasteiger partial charge on any atom is 0.194 e. The minimum absolute atomic E-state index is 0.763. The molecule has 0 saturated carbocycles. The first-order chi connectivity index (χ1) is 5.16. The molecule has 0 atom stereocenters. The zero-order valence-electron chi connectivity index (χ0n) is 6.48. The minimum Gasteiger partial charge on any atom is -0.238 e. The van der Waals surface area contributed by atoms with Gasteiger partial charge in [0.15, 0.2) is 5.69 Å². The molecule has 0 spiro atoms. The molecular weight excluding hydrogens is 202 g/mol. The third kappa shape index (κ3) is 1.44. The molecule has 11 heavy (non-hydrogen) atoms. The predicted octanol–water partition coefficient (Wildman–Crippen LogP) is 3.62. The van der Waals surface area contributed by atoms with Gasteiger partial charge >= 0.3 is 0 Å². The highest BCUT2D eigenvalue weighted by atomic mass is 79.9. The van der Waals surface area contributed by atoms with Gasteiger partial charge in [-0.3, -0.25) is 0 Å². The van der Waals surface area contributed by atoms with E-state index < -0.39 is 0 Å². The van der Waals surface area contributed by atoms with Crippen molar-refractivity contribution in [1.29, 1.82) is 0 Å². The predicted molar refractivity (Wildman–Crippen MR) is 49.9 cm³/mol.